The second kappa shape index (κ2) is 7.40. The second-order valence-corrected chi connectivity index (χ2v) is 4.41. The molecule has 0 aromatic heterocycles. The van der Waals surface area contributed by atoms with E-state index in [0.717, 1.165) is 5.56 Å². The number of amides is 1. The lowest BCUT2D eigenvalue weighted by molar-refractivity contribution is -0.0501. The molecular formula is C16H15F2NO3. The molecule has 2 aromatic carbocycles. The second-order valence-electron chi connectivity index (χ2n) is 4.41. The van der Waals surface area contributed by atoms with E-state index in [9.17, 15) is 13.6 Å². The van der Waals surface area contributed by atoms with Crippen LogP contribution in [0.4, 0.5) is 8.78 Å². The van der Waals surface area contributed by atoms with E-state index in [-0.39, 0.29) is 17.9 Å². The molecule has 6 heteroatoms. The number of para-hydroxylation sites is 1. The Morgan fingerprint density at radius 2 is 1.95 bits per heavy atom. The predicted octanol–water partition coefficient (Wildman–Crippen LogP) is 3.23. The molecule has 4 nitrogen and oxygen atoms in total. The van der Waals surface area contributed by atoms with Crippen LogP contribution in [0, 0.1) is 0 Å². The first-order chi connectivity index (χ1) is 10.6. The van der Waals surface area contributed by atoms with Crippen molar-refractivity contribution in [1.29, 1.82) is 0 Å². The van der Waals surface area contributed by atoms with E-state index in [1.165, 1.54) is 18.2 Å². The van der Waals surface area contributed by atoms with Crippen molar-refractivity contribution in [3.8, 4) is 11.5 Å². The Morgan fingerprint density at radius 3 is 2.68 bits per heavy atom. The summed E-state index contributed by atoms with van der Waals surface area (Å²) in [4.78, 5) is 12.1. The summed E-state index contributed by atoms with van der Waals surface area (Å²) < 4.78 is 34.1. The van der Waals surface area contributed by atoms with Gasteiger partial charge in [-0.1, -0.05) is 24.3 Å². The molecule has 0 fully saturated rings. The predicted molar refractivity (Wildman–Crippen MR) is 77.2 cm³/mol. The van der Waals surface area contributed by atoms with Crippen molar-refractivity contribution in [1.82, 2.24) is 5.32 Å². The summed E-state index contributed by atoms with van der Waals surface area (Å²) in [5, 5.41) is 2.66. The van der Waals surface area contributed by atoms with Gasteiger partial charge in [-0.15, -0.1) is 0 Å². The van der Waals surface area contributed by atoms with Gasteiger partial charge in [-0.3, -0.25) is 4.79 Å². The molecule has 0 unspecified atom stereocenters. The fourth-order valence-electron chi connectivity index (χ4n) is 1.91. The van der Waals surface area contributed by atoms with Crippen LogP contribution in [-0.2, 0) is 6.54 Å². The zero-order chi connectivity index (χ0) is 15.9. The van der Waals surface area contributed by atoms with E-state index in [0.29, 0.717) is 5.75 Å². The largest absolute Gasteiger partial charge is 0.497 e. The van der Waals surface area contributed by atoms with Crippen molar-refractivity contribution in [2.75, 3.05) is 7.11 Å². The maximum absolute atomic E-state index is 12.3. The average molecular weight is 307 g/mol. The first-order valence-electron chi connectivity index (χ1n) is 6.55. The molecule has 0 saturated heterocycles. The Bertz CT molecular complexity index is 647. The molecule has 0 aliphatic heterocycles. The van der Waals surface area contributed by atoms with Crippen LogP contribution < -0.4 is 14.8 Å². The number of carbonyl (C=O) groups is 1. The zero-order valence-electron chi connectivity index (χ0n) is 11.9. The van der Waals surface area contributed by atoms with Gasteiger partial charge in [0.15, 0.2) is 0 Å². The number of methoxy groups -OCH3 is 1. The number of ether oxygens (including phenoxy) is 2. The van der Waals surface area contributed by atoms with E-state index in [1.54, 1.807) is 31.4 Å². The Balaban J connectivity index is 2.06. The number of hydrogen-bond acceptors (Lipinski definition) is 3. The minimum absolute atomic E-state index is 0.0608. The van der Waals surface area contributed by atoms with Gasteiger partial charge in [0.25, 0.3) is 5.91 Å². The van der Waals surface area contributed by atoms with Gasteiger partial charge >= 0.3 is 6.61 Å². The van der Waals surface area contributed by atoms with Crippen molar-refractivity contribution in [3.05, 3.63) is 59.7 Å². The number of carbonyl (C=O) groups excluding carboxylic acids is 1. The highest BCUT2D eigenvalue weighted by Gasteiger charge is 2.14. The van der Waals surface area contributed by atoms with E-state index >= 15 is 0 Å². The Labute approximate surface area is 126 Å². The lowest BCUT2D eigenvalue weighted by Gasteiger charge is -2.11. The molecule has 116 valence electrons. The normalized spacial score (nSPS) is 10.4. The molecule has 0 radical (unpaired) electrons. The number of alkyl halides is 2. The van der Waals surface area contributed by atoms with Crippen molar-refractivity contribution in [3.63, 3.8) is 0 Å². The van der Waals surface area contributed by atoms with Gasteiger partial charge in [0.2, 0.25) is 0 Å². The van der Waals surface area contributed by atoms with Gasteiger partial charge in [0.05, 0.1) is 12.7 Å². The van der Waals surface area contributed by atoms with Gasteiger partial charge in [0, 0.05) is 6.54 Å². The fraction of sp³-hybridized carbons (Fsp3) is 0.188. The third-order valence-corrected chi connectivity index (χ3v) is 2.93. The molecule has 0 aliphatic carbocycles. The van der Waals surface area contributed by atoms with Crippen LogP contribution in [0.5, 0.6) is 11.5 Å². The zero-order valence-corrected chi connectivity index (χ0v) is 11.9. The highest BCUT2D eigenvalue weighted by Crippen LogP contribution is 2.20. The first-order valence-corrected chi connectivity index (χ1v) is 6.55. The van der Waals surface area contributed by atoms with Crippen LogP contribution in [0.3, 0.4) is 0 Å². The van der Waals surface area contributed by atoms with Crippen molar-refractivity contribution in [2.45, 2.75) is 13.2 Å². The number of hydrogen-bond donors (Lipinski definition) is 1. The molecule has 0 bridgehead atoms. The van der Waals surface area contributed by atoms with Gasteiger partial charge in [0.1, 0.15) is 11.5 Å². The standard InChI is InChI=1S/C16H15F2NO3/c1-21-12-6-4-5-11(9-12)10-19-15(20)13-7-2-3-8-14(13)22-16(17)18/h2-9,16H,10H2,1H3,(H,19,20). The Kier molecular flexibility index (Phi) is 5.30. The Morgan fingerprint density at radius 1 is 1.18 bits per heavy atom. The number of halogens is 2. The third-order valence-electron chi connectivity index (χ3n) is 2.93. The summed E-state index contributed by atoms with van der Waals surface area (Å²) in [7, 11) is 1.55. The maximum atomic E-state index is 12.3. The average Bonchev–Trinajstić information content (AvgIpc) is 2.53. The van der Waals surface area contributed by atoms with Crippen LogP contribution in [-0.4, -0.2) is 19.6 Å². The van der Waals surface area contributed by atoms with E-state index in [1.807, 2.05) is 6.07 Å². The summed E-state index contributed by atoms with van der Waals surface area (Å²) in [6.45, 7) is -2.73. The summed E-state index contributed by atoms with van der Waals surface area (Å²) in [5.74, 6) is 0.0351. The van der Waals surface area contributed by atoms with Crippen molar-refractivity contribution >= 4 is 5.91 Å². The minimum atomic E-state index is -2.98. The molecular weight excluding hydrogens is 292 g/mol. The van der Waals surface area contributed by atoms with Gasteiger partial charge < -0.3 is 14.8 Å². The van der Waals surface area contributed by atoms with Crippen LogP contribution in [0.2, 0.25) is 0 Å². The lowest BCUT2D eigenvalue weighted by Crippen LogP contribution is -2.23. The molecule has 2 rings (SSSR count). The summed E-state index contributed by atoms with van der Waals surface area (Å²) in [5.41, 5.74) is 0.894. The van der Waals surface area contributed by atoms with E-state index in [4.69, 9.17) is 4.74 Å². The van der Waals surface area contributed by atoms with Gasteiger partial charge in [-0.05, 0) is 29.8 Å². The van der Waals surface area contributed by atoms with Crippen LogP contribution in [0.25, 0.3) is 0 Å². The molecule has 1 amide bonds. The maximum Gasteiger partial charge on any atom is 0.387 e. The SMILES string of the molecule is COc1cccc(CNC(=O)c2ccccc2OC(F)F)c1. The number of benzene rings is 2. The molecule has 0 heterocycles. The van der Waals surface area contributed by atoms with Crippen LogP contribution >= 0.6 is 0 Å². The van der Waals surface area contributed by atoms with E-state index in [2.05, 4.69) is 10.1 Å². The summed E-state index contributed by atoms with van der Waals surface area (Å²) in [6, 6.07) is 13.1. The monoisotopic (exact) mass is 307 g/mol. The molecule has 0 spiro atoms. The molecule has 22 heavy (non-hydrogen) atoms. The highest BCUT2D eigenvalue weighted by molar-refractivity contribution is 5.96. The van der Waals surface area contributed by atoms with Gasteiger partial charge in [-0.25, -0.2) is 0 Å². The Hall–Kier alpha value is -2.63. The molecule has 1 N–H and O–H groups in total. The third kappa shape index (κ3) is 4.18. The molecule has 0 saturated carbocycles. The smallest absolute Gasteiger partial charge is 0.387 e. The van der Waals surface area contributed by atoms with Crippen molar-refractivity contribution in [2.24, 2.45) is 0 Å². The van der Waals surface area contributed by atoms with Crippen molar-refractivity contribution < 1.29 is 23.0 Å². The fourth-order valence-corrected chi connectivity index (χ4v) is 1.91. The van der Waals surface area contributed by atoms with Crippen LogP contribution in [0.15, 0.2) is 48.5 Å². The highest BCUT2D eigenvalue weighted by atomic mass is 19.3. The number of rotatable bonds is 6. The minimum Gasteiger partial charge on any atom is -0.497 e. The van der Waals surface area contributed by atoms with Gasteiger partial charge in [-0.2, -0.15) is 8.78 Å². The molecule has 2 aromatic rings. The van der Waals surface area contributed by atoms with E-state index < -0.39 is 12.5 Å². The molecule has 0 atom stereocenters. The summed E-state index contributed by atoms with van der Waals surface area (Å²) in [6.07, 6.45) is 0. The quantitative estimate of drug-likeness (QED) is 0.891. The summed E-state index contributed by atoms with van der Waals surface area (Å²) >= 11 is 0. The number of nitrogens with one attached hydrogen (secondary N) is 1. The topological polar surface area (TPSA) is 47.6 Å². The first kappa shape index (κ1) is 15.8. The lowest BCUT2D eigenvalue weighted by atomic mass is 10.1. The van der Waals surface area contributed by atoms with Crippen LogP contribution in [0.1, 0.15) is 15.9 Å². The molecule has 0 aliphatic rings.